The molecule has 11 heteroatoms. The number of methoxy groups -OCH3 is 1. The zero-order chi connectivity index (χ0) is 30.4. The van der Waals surface area contributed by atoms with E-state index in [9.17, 15) is 19.2 Å². The van der Waals surface area contributed by atoms with Gasteiger partial charge in [0.1, 0.15) is 12.1 Å². The van der Waals surface area contributed by atoms with E-state index in [0.29, 0.717) is 12.8 Å². The topological polar surface area (TPSA) is 168 Å². The van der Waals surface area contributed by atoms with E-state index in [4.69, 9.17) is 10.5 Å². The summed E-state index contributed by atoms with van der Waals surface area (Å²) in [5, 5.41) is 8.45. The number of ether oxygens (including phenoxy) is 1. The van der Waals surface area contributed by atoms with Gasteiger partial charge in [-0.3, -0.25) is 14.4 Å². The number of nitrogens with two attached hydrogens (primary N) is 1. The van der Waals surface area contributed by atoms with Gasteiger partial charge in [0.15, 0.2) is 0 Å². The summed E-state index contributed by atoms with van der Waals surface area (Å²) in [5.41, 5.74) is 7.70. The molecule has 0 spiro atoms. The Balaban J connectivity index is 1.98. The largest absolute Gasteiger partial charge is 0.467 e. The van der Waals surface area contributed by atoms with E-state index < -0.39 is 30.0 Å². The van der Waals surface area contributed by atoms with E-state index in [-0.39, 0.29) is 42.5 Å². The van der Waals surface area contributed by atoms with Crippen LogP contribution < -0.4 is 21.7 Å². The molecule has 0 aliphatic rings. The summed E-state index contributed by atoms with van der Waals surface area (Å²) < 4.78 is 4.89. The third kappa shape index (κ3) is 12.0. The molecule has 41 heavy (non-hydrogen) atoms. The Morgan fingerprint density at radius 2 is 1.71 bits per heavy atom. The fourth-order valence-corrected chi connectivity index (χ4v) is 4.26. The van der Waals surface area contributed by atoms with Crippen LogP contribution in [0.5, 0.6) is 0 Å². The predicted molar refractivity (Wildman–Crippen MR) is 156 cm³/mol. The summed E-state index contributed by atoms with van der Waals surface area (Å²) in [7, 11) is 1.27. The second-order valence-electron chi connectivity index (χ2n) is 10.8. The Hall–Kier alpha value is -3.99. The van der Waals surface area contributed by atoms with E-state index in [1.807, 2.05) is 58.0 Å². The van der Waals surface area contributed by atoms with Gasteiger partial charge in [-0.2, -0.15) is 0 Å². The van der Waals surface area contributed by atoms with Gasteiger partial charge >= 0.3 is 5.97 Å². The fourth-order valence-electron chi connectivity index (χ4n) is 4.26. The van der Waals surface area contributed by atoms with E-state index in [2.05, 4.69) is 25.9 Å². The lowest BCUT2D eigenvalue weighted by Gasteiger charge is -2.24. The van der Waals surface area contributed by atoms with Crippen molar-refractivity contribution >= 4 is 23.7 Å². The van der Waals surface area contributed by atoms with Gasteiger partial charge in [0, 0.05) is 37.2 Å². The number of amides is 3. The average Bonchev–Trinajstić information content (AvgIpc) is 3.43. The quantitative estimate of drug-likeness (QED) is 0.152. The maximum Gasteiger partial charge on any atom is 0.328 e. The number of H-pyrrole nitrogens is 1. The van der Waals surface area contributed by atoms with Gasteiger partial charge in [0.2, 0.25) is 17.7 Å². The van der Waals surface area contributed by atoms with E-state index in [1.54, 1.807) is 18.3 Å². The normalized spacial score (nSPS) is 14.3. The van der Waals surface area contributed by atoms with Gasteiger partial charge in [-0.1, -0.05) is 70.2 Å². The predicted octanol–water partition coefficient (Wildman–Crippen LogP) is 1.80. The number of hydrogen-bond acceptors (Lipinski definition) is 7. The number of aromatic nitrogens is 2. The molecule has 0 saturated heterocycles. The fraction of sp³-hybridized carbons (Fsp3) is 0.500. The Morgan fingerprint density at radius 3 is 2.29 bits per heavy atom. The molecular weight excluding hydrogens is 524 g/mol. The van der Waals surface area contributed by atoms with Crippen molar-refractivity contribution in [2.45, 2.75) is 77.5 Å². The molecule has 11 nitrogen and oxygen atoms in total. The lowest BCUT2D eigenvalue weighted by Crippen LogP contribution is -2.54. The molecule has 1 aromatic heterocycles. The molecule has 0 fully saturated rings. The Morgan fingerprint density at radius 1 is 1.00 bits per heavy atom. The second kappa shape index (κ2) is 17.0. The Bertz CT molecular complexity index is 1130. The molecule has 0 aliphatic carbocycles. The smallest absolute Gasteiger partial charge is 0.328 e. The maximum absolute atomic E-state index is 13.1. The van der Waals surface area contributed by atoms with Crippen molar-refractivity contribution in [2.75, 3.05) is 7.11 Å². The number of hydrogen-bond donors (Lipinski definition) is 5. The number of esters is 1. The Labute approximate surface area is 242 Å². The van der Waals surface area contributed by atoms with Crippen molar-refractivity contribution in [2.24, 2.45) is 17.6 Å². The van der Waals surface area contributed by atoms with Crippen LogP contribution in [0.15, 0.2) is 55.0 Å². The van der Waals surface area contributed by atoms with Gasteiger partial charge in [-0.25, -0.2) is 9.78 Å². The molecule has 6 N–H and O–H groups in total. The summed E-state index contributed by atoms with van der Waals surface area (Å²) in [5.74, 6) is -1.65. The monoisotopic (exact) mass is 568 g/mol. The highest BCUT2D eigenvalue weighted by Gasteiger charge is 2.29. The van der Waals surface area contributed by atoms with Crippen LogP contribution >= 0.6 is 0 Å². The van der Waals surface area contributed by atoms with E-state index in [0.717, 1.165) is 11.3 Å². The minimum atomic E-state index is -0.895. The van der Waals surface area contributed by atoms with Gasteiger partial charge in [-0.15, -0.1) is 0 Å². The van der Waals surface area contributed by atoms with Gasteiger partial charge in [-0.05, 0) is 23.8 Å². The summed E-state index contributed by atoms with van der Waals surface area (Å²) in [6.07, 6.45) is 7.86. The van der Waals surface area contributed by atoms with Crippen molar-refractivity contribution in [1.82, 2.24) is 25.9 Å². The van der Waals surface area contributed by atoms with Crippen LogP contribution in [0.25, 0.3) is 0 Å². The summed E-state index contributed by atoms with van der Waals surface area (Å²) >= 11 is 0. The molecule has 0 bridgehead atoms. The molecule has 0 unspecified atom stereocenters. The number of aromatic amines is 1. The number of benzene rings is 1. The van der Waals surface area contributed by atoms with E-state index in [1.165, 1.54) is 13.4 Å². The number of nitrogens with zero attached hydrogens (tertiary/aromatic N) is 1. The highest BCUT2D eigenvalue weighted by atomic mass is 16.5. The van der Waals surface area contributed by atoms with E-state index >= 15 is 0 Å². The third-order valence-corrected chi connectivity index (χ3v) is 6.41. The summed E-state index contributed by atoms with van der Waals surface area (Å²) in [6, 6.07) is 6.47. The van der Waals surface area contributed by atoms with Crippen LogP contribution in [0.3, 0.4) is 0 Å². The molecule has 0 saturated carbocycles. The Kier molecular flexibility index (Phi) is 13.7. The lowest BCUT2D eigenvalue weighted by molar-refractivity contribution is -0.145. The molecule has 2 rings (SSSR count). The zero-order valence-electron chi connectivity index (χ0n) is 24.6. The lowest BCUT2D eigenvalue weighted by atomic mass is 10.0. The molecule has 2 aromatic rings. The van der Waals surface area contributed by atoms with Crippen molar-refractivity contribution in [3.05, 3.63) is 66.3 Å². The minimum Gasteiger partial charge on any atom is -0.467 e. The van der Waals surface area contributed by atoms with Gasteiger partial charge < -0.3 is 31.4 Å². The highest BCUT2D eigenvalue weighted by Crippen LogP contribution is 2.10. The molecule has 0 radical (unpaired) electrons. The molecule has 4 atom stereocenters. The molecule has 0 aliphatic heterocycles. The van der Waals surface area contributed by atoms with Crippen LogP contribution in [0.1, 0.15) is 51.8 Å². The van der Waals surface area contributed by atoms with Crippen molar-refractivity contribution in [1.29, 1.82) is 0 Å². The molecular formula is C30H44N6O5. The van der Waals surface area contributed by atoms with Crippen LogP contribution in [-0.2, 0) is 36.8 Å². The summed E-state index contributed by atoms with van der Waals surface area (Å²) in [4.78, 5) is 57.8. The first kappa shape index (κ1) is 33.2. The van der Waals surface area contributed by atoms with Crippen LogP contribution in [-0.4, -0.2) is 64.9 Å². The first-order valence-corrected chi connectivity index (χ1v) is 13.9. The number of rotatable bonds is 16. The number of nitrogens with one attached hydrogen (secondary N) is 4. The summed E-state index contributed by atoms with van der Waals surface area (Å²) in [6.45, 7) is 7.70. The average molecular weight is 569 g/mol. The van der Waals surface area contributed by atoms with Crippen LogP contribution in [0.4, 0.5) is 0 Å². The molecule has 224 valence electrons. The zero-order valence-corrected chi connectivity index (χ0v) is 24.6. The standard InChI is InChI=1S/C30H44N6O5/c1-19(2)14-22(34-28(38)24(31)16-23-17-32-18-33-23)12-9-13-26(37)36-27(20(3)4)29(39)35-25(30(40)41-5)15-21-10-7-6-8-11-21/h6-12,17-20,22,24-25,27H,13-16,31H2,1-5H3,(H,32,33)(H,34,38)(H,35,39)(H,36,37)/b12-9+/t22-,24+,25+,27+/m1/s1. The SMILES string of the molecule is COC(=O)[C@H](Cc1ccccc1)NC(=O)[C@@H](NC(=O)C/C=C/[C@H](CC(C)C)NC(=O)[C@@H](N)Cc1cnc[nH]1)C(C)C. The van der Waals surface area contributed by atoms with Crippen molar-refractivity contribution in [3.8, 4) is 0 Å². The second-order valence-corrected chi connectivity index (χ2v) is 10.8. The maximum atomic E-state index is 13.1. The van der Waals surface area contributed by atoms with Crippen LogP contribution in [0.2, 0.25) is 0 Å². The first-order valence-electron chi connectivity index (χ1n) is 13.9. The minimum absolute atomic E-state index is 0.00557. The molecule has 1 heterocycles. The first-order chi connectivity index (χ1) is 19.5. The number of imidazole rings is 1. The van der Waals surface area contributed by atoms with Crippen LogP contribution in [0, 0.1) is 11.8 Å². The number of carbonyl (C=O) groups excluding carboxylic acids is 4. The molecule has 1 aromatic carbocycles. The molecule has 3 amide bonds. The van der Waals surface area contributed by atoms with Crippen molar-refractivity contribution in [3.63, 3.8) is 0 Å². The third-order valence-electron chi connectivity index (χ3n) is 6.41. The van der Waals surface area contributed by atoms with Crippen molar-refractivity contribution < 1.29 is 23.9 Å². The number of carbonyl (C=O) groups is 4. The van der Waals surface area contributed by atoms with Gasteiger partial charge in [0.25, 0.3) is 0 Å². The van der Waals surface area contributed by atoms with Gasteiger partial charge in [0.05, 0.1) is 19.5 Å². The highest BCUT2D eigenvalue weighted by molar-refractivity contribution is 5.91.